The Morgan fingerprint density at radius 3 is 1.75 bits per heavy atom. The molecule has 0 aromatic rings. The van der Waals surface area contributed by atoms with Gasteiger partial charge in [-0.3, -0.25) is 0 Å². The molecule has 0 spiro atoms. The normalized spacial score (nSPS) is 12.9. The van der Waals surface area contributed by atoms with Gasteiger partial charge in [0.15, 0.2) is 0 Å². The van der Waals surface area contributed by atoms with Crippen LogP contribution >= 0.6 is 0 Å². The van der Waals surface area contributed by atoms with Crippen LogP contribution in [0.15, 0.2) is 0 Å². The Balaban J connectivity index is 3.39. The molecule has 0 aliphatic carbocycles. The minimum absolute atomic E-state index is 0.272. The summed E-state index contributed by atoms with van der Waals surface area (Å²) in [6, 6.07) is 0.593. The van der Waals surface area contributed by atoms with Gasteiger partial charge in [-0.2, -0.15) is 0 Å². The molecule has 0 atom stereocenters. The van der Waals surface area contributed by atoms with Crippen LogP contribution in [0.3, 0.4) is 0 Å². The SMILES string of the molecule is [Li][C](C)(C)NC(C)C. The van der Waals surface area contributed by atoms with E-state index in [9.17, 15) is 0 Å². The third-order valence-electron chi connectivity index (χ3n) is 0.722. The van der Waals surface area contributed by atoms with Gasteiger partial charge in [-0.05, 0) is 0 Å². The first-order chi connectivity index (χ1) is 3.42. The van der Waals surface area contributed by atoms with Gasteiger partial charge in [0.25, 0.3) is 0 Å². The van der Waals surface area contributed by atoms with Gasteiger partial charge in [-0.15, -0.1) is 0 Å². The van der Waals surface area contributed by atoms with E-state index >= 15 is 0 Å². The van der Waals surface area contributed by atoms with Crippen molar-refractivity contribution in [2.75, 3.05) is 0 Å². The summed E-state index contributed by atoms with van der Waals surface area (Å²) in [5, 5.41) is 3.38. The molecule has 0 fully saturated rings. The zero-order valence-electron chi connectivity index (χ0n) is 6.58. The molecular formula is C6H14LiN. The number of hydrogen-bond acceptors (Lipinski definition) is 1. The molecule has 1 N–H and O–H groups in total. The predicted molar refractivity (Wildman–Crippen MR) is 38.1 cm³/mol. The van der Waals surface area contributed by atoms with E-state index in [0.29, 0.717) is 6.04 Å². The van der Waals surface area contributed by atoms with Crippen LogP contribution in [0, 0.1) is 0 Å². The third-order valence-corrected chi connectivity index (χ3v) is 0.722. The van der Waals surface area contributed by atoms with Crippen molar-refractivity contribution in [1.82, 2.24) is 5.32 Å². The maximum atomic E-state index is 3.38. The second-order valence-electron chi connectivity index (χ2n) is 3.55. The molecule has 0 amide bonds. The van der Waals surface area contributed by atoms with Crippen LogP contribution in [0.4, 0.5) is 0 Å². The fourth-order valence-electron chi connectivity index (χ4n) is 0.866. The van der Waals surface area contributed by atoms with Gasteiger partial charge in [-0.1, -0.05) is 0 Å². The molecule has 1 nitrogen and oxygen atoms in total. The van der Waals surface area contributed by atoms with Crippen molar-refractivity contribution in [3.05, 3.63) is 0 Å². The minimum atomic E-state index is 0.272. The van der Waals surface area contributed by atoms with E-state index in [1.54, 1.807) is 0 Å². The molecule has 0 aliphatic heterocycles. The predicted octanol–water partition coefficient (Wildman–Crippen LogP) is 0.889. The molecule has 44 valence electrons. The van der Waals surface area contributed by atoms with E-state index in [4.69, 9.17) is 0 Å². The van der Waals surface area contributed by atoms with Crippen molar-refractivity contribution in [2.24, 2.45) is 0 Å². The van der Waals surface area contributed by atoms with Crippen LogP contribution in [-0.2, 0) is 0 Å². The molecule has 0 aliphatic rings. The van der Waals surface area contributed by atoms with E-state index in [-0.39, 0.29) is 4.21 Å². The van der Waals surface area contributed by atoms with Crippen molar-refractivity contribution >= 4 is 17.7 Å². The van der Waals surface area contributed by atoms with Gasteiger partial charge in [0.1, 0.15) is 0 Å². The molecule has 0 aromatic heterocycles. The summed E-state index contributed by atoms with van der Waals surface area (Å²) < 4.78 is 0.272. The molecule has 0 unspecified atom stereocenters. The van der Waals surface area contributed by atoms with Crippen LogP contribution in [0.5, 0.6) is 0 Å². The first-order valence-corrected chi connectivity index (χ1v) is 3.19. The Bertz CT molecular complexity index is 63.4. The van der Waals surface area contributed by atoms with Gasteiger partial charge in [-0.25, -0.2) is 0 Å². The average Bonchev–Trinajstić information content (AvgIpc) is 1.21. The Kier molecular flexibility index (Phi) is 3.12. The van der Waals surface area contributed by atoms with E-state index in [1.165, 1.54) is 0 Å². The van der Waals surface area contributed by atoms with Gasteiger partial charge in [0.05, 0.1) is 0 Å². The van der Waals surface area contributed by atoms with Crippen LogP contribution < -0.4 is 5.32 Å². The zero-order chi connectivity index (χ0) is 6.78. The molecule has 0 bridgehead atoms. The van der Waals surface area contributed by atoms with Crippen molar-refractivity contribution in [3.63, 3.8) is 0 Å². The monoisotopic (exact) mass is 107 g/mol. The third kappa shape index (κ3) is 6.56. The van der Waals surface area contributed by atoms with Gasteiger partial charge < -0.3 is 0 Å². The molecule has 2 heteroatoms. The van der Waals surface area contributed by atoms with Gasteiger partial charge >= 0.3 is 61.0 Å². The van der Waals surface area contributed by atoms with Crippen molar-refractivity contribution in [3.8, 4) is 0 Å². The standard InChI is InChI=1S/C6H14N.Li/c1-5(2)7-6(3)4;/h5,7H,1-4H3;. The average molecular weight is 107 g/mol. The summed E-state index contributed by atoms with van der Waals surface area (Å²) in [7, 11) is 0. The first kappa shape index (κ1) is 8.56. The summed E-state index contributed by atoms with van der Waals surface area (Å²) >= 11 is 2.17. The van der Waals surface area contributed by atoms with E-state index < -0.39 is 0 Å². The second kappa shape index (κ2) is 2.92. The summed E-state index contributed by atoms with van der Waals surface area (Å²) in [5.41, 5.74) is 0. The van der Waals surface area contributed by atoms with Crippen LogP contribution in [0.2, 0.25) is 0 Å². The van der Waals surface area contributed by atoms with Crippen molar-refractivity contribution in [1.29, 1.82) is 0 Å². The van der Waals surface area contributed by atoms with Crippen molar-refractivity contribution in [2.45, 2.75) is 37.9 Å². The summed E-state index contributed by atoms with van der Waals surface area (Å²) in [5.74, 6) is 0. The molecule has 8 heavy (non-hydrogen) atoms. The van der Waals surface area contributed by atoms with E-state index in [2.05, 4.69) is 50.7 Å². The van der Waals surface area contributed by atoms with Crippen LogP contribution in [-0.4, -0.2) is 28.0 Å². The second-order valence-corrected chi connectivity index (χ2v) is 3.55. The van der Waals surface area contributed by atoms with Crippen molar-refractivity contribution < 1.29 is 0 Å². The summed E-state index contributed by atoms with van der Waals surface area (Å²) in [6.07, 6.45) is 0. The quantitative estimate of drug-likeness (QED) is 0.517. The Hall–Kier alpha value is 0.557. The van der Waals surface area contributed by atoms with Crippen LogP contribution in [0.25, 0.3) is 0 Å². The van der Waals surface area contributed by atoms with E-state index in [0.717, 1.165) is 0 Å². The fraction of sp³-hybridized carbons (Fsp3) is 1.00. The molecule has 0 radical (unpaired) electrons. The fourth-order valence-corrected chi connectivity index (χ4v) is 0.866. The first-order valence-electron chi connectivity index (χ1n) is 3.19. The Morgan fingerprint density at radius 2 is 1.75 bits per heavy atom. The number of nitrogens with one attached hydrogen (secondary N) is 1. The molecule has 0 rings (SSSR count). The maximum absolute atomic E-state index is 3.38. The molecular weight excluding hydrogens is 93.0 g/mol. The summed E-state index contributed by atoms with van der Waals surface area (Å²) in [4.78, 5) is 0. The Labute approximate surface area is 61.4 Å². The number of rotatable bonds is 2. The molecule has 0 aromatic carbocycles. The Morgan fingerprint density at radius 1 is 1.38 bits per heavy atom. The van der Waals surface area contributed by atoms with Gasteiger partial charge in [0.2, 0.25) is 0 Å². The molecule has 0 saturated carbocycles. The number of hydrogen-bond donors (Lipinski definition) is 1. The summed E-state index contributed by atoms with van der Waals surface area (Å²) in [6.45, 7) is 8.66. The van der Waals surface area contributed by atoms with E-state index in [1.807, 2.05) is 0 Å². The van der Waals surface area contributed by atoms with Gasteiger partial charge in [0, 0.05) is 0 Å². The zero-order valence-corrected chi connectivity index (χ0v) is 6.58. The molecule has 0 heterocycles. The van der Waals surface area contributed by atoms with Crippen LogP contribution in [0.1, 0.15) is 27.7 Å². The topological polar surface area (TPSA) is 12.0 Å². The molecule has 0 saturated heterocycles.